The maximum absolute atomic E-state index is 9.92. The average molecular weight is 267 g/mol. The number of morpholine rings is 1. The molecule has 0 saturated carbocycles. The van der Waals surface area contributed by atoms with Crippen molar-refractivity contribution in [1.29, 1.82) is 0 Å². The van der Waals surface area contributed by atoms with Crippen molar-refractivity contribution < 1.29 is 9.84 Å². The summed E-state index contributed by atoms with van der Waals surface area (Å²) in [5.74, 6) is 0. The number of hydrogen-bond donors (Lipinski definition) is 1. The molecule has 1 aliphatic heterocycles. The summed E-state index contributed by atoms with van der Waals surface area (Å²) in [4.78, 5) is 2.29. The second-order valence-corrected chi connectivity index (χ2v) is 5.48. The average Bonchev–Trinajstić information content (AvgIpc) is 2.90. The molecule has 1 saturated heterocycles. The molecular formula is C14H21NO2S. The van der Waals surface area contributed by atoms with Crippen LogP contribution in [0.2, 0.25) is 0 Å². The van der Waals surface area contributed by atoms with Crippen LogP contribution in [0.25, 0.3) is 0 Å². The Morgan fingerprint density at radius 1 is 1.67 bits per heavy atom. The molecule has 100 valence electrons. The Labute approximate surface area is 113 Å². The van der Waals surface area contributed by atoms with Gasteiger partial charge in [0, 0.05) is 19.6 Å². The van der Waals surface area contributed by atoms with Crippen LogP contribution in [0.4, 0.5) is 0 Å². The Morgan fingerprint density at radius 2 is 2.56 bits per heavy atom. The molecule has 3 nitrogen and oxygen atoms in total. The van der Waals surface area contributed by atoms with Gasteiger partial charge in [0.15, 0.2) is 0 Å². The molecule has 0 aliphatic carbocycles. The molecule has 0 amide bonds. The van der Waals surface area contributed by atoms with Crippen LogP contribution < -0.4 is 0 Å². The lowest BCUT2D eigenvalue weighted by molar-refractivity contribution is -0.0424. The predicted molar refractivity (Wildman–Crippen MR) is 74.9 cm³/mol. The van der Waals surface area contributed by atoms with Crippen LogP contribution in [0, 0.1) is 0 Å². The van der Waals surface area contributed by atoms with Gasteiger partial charge in [0.25, 0.3) is 0 Å². The number of nitrogens with zero attached hydrogens (tertiary/aromatic N) is 1. The third kappa shape index (κ3) is 3.92. The first-order valence-electron chi connectivity index (χ1n) is 6.44. The van der Waals surface area contributed by atoms with Crippen LogP contribution in [0.3, 0.4) is 0 Å². The highest BCUT2D eigenvalue weighted by Crippen LogP contribution is 2.24. The lowest BCUT2D eigenvalue weighted by atomic mass is 10.1. The van der Waals surface area contributed by atoms with Crippen LogP contribution in [0.5, 0.6) is 0 Å². The minimum absolute atomic E-state index is 0.164. The SMILES string of the molecule is C=CCCC(O)CN1CCOC(c2ccsc2)C1. The van der Waals surface area contributed by atoms with Crippen molar-refractivity contribution in [2.24, 2.45) is 0 Å². The summed E-state index contributed by atoms with van der Waals surface area (Å²) in [7, 11) is 0. The molecule has 0 spiro atoms. The predicted octanol–water partition coefficient (Wildman–Crippen LogP) is 2.45. The fourth-order valence-corrected chi connectivity index (χ4v) is 2.93. The summed E-state index contributed by atoms with van der Waals surface area (Å²) in [5, 5.41) is 14.1. The highest BCUT2D eigenvalue weighted by molar-refractivity contribution is 7.07. The van der Waals surface area contributed by atoms with Gasteiger partial charge in [-0.1, -0.05) is 6.08 Å². The normalized spacial score (nSPS) is 22.8. The van der Waals surface area contributed by atoms with Gasteiger partial charge in [-0.25, -0.2) is 0 Å². The fraction of sp³-hybridized carbons (Fsp3) is 0.571. The number of β-amino-alcohol motifs (C(OH)–C–C–N with tert-alkyl or cyclic N) is 1. The van der Waals surface area contributed by atoms with Gasteiger partial charge in [0.2, 0.25) is 0 Å². The maximum Gasteiger partial charge on any atom is 0.0960 e. The molecule has 1 aromatic heterocycles. The van der Waals surface area contributed by atoms with E-state index in [0.717, 1.165) is 39.1 Å². The van der Waals surface area contributed by atoms with Gasteiger partial charge < -0.3 is 9.84 Å². The monoisotopic (exact) mass is 267 g/mol. The van der Waals surface area contributed by atoms with E-state index in [-0.39, 0.29) is 12.2 Å². The number of aliphatic hydroxyl groups is 1. The van der Waals surface area contributed by atoms with Crippen molar-refractivity contribution in [3.63, 3.8) is 0 Å². The van der Waals surface area contributed by atoms with Crippen LogP contribution in [-0.2, 0) is 4.74 Å². The number of aliphatic hydroxyl groups excluding tert-OH is 1. The van der Waals surface area contributed by atoms with E-state index in [1.165, 1.54) is 5.56 Å². The Morgan fingerprint density at radius 3 is 3.28 bits per heavy atom. The highest BCUT2D eigenvalue weighted by atomic mass is 32.1. The lowest BCUT2D eigenvalue weighted by Crippen LogP contribution is -2.42. The van der Waals surface area contributed by atoms with Crippen molar-refractivity contribution in [1.82, 2.24) is 4.90 Å². The molecular weight excluding hydrogens is 246 g/mol. The number of allylic oxidation sites excluding steroid dienone is 1. The zero-order chi connectivity index (χ0) is 12.8. The first-order chi connectivity index (χ1) is 8.79. The third-order valence-corrected chi connectivity index (χ3v) is 3.94. The van der Waals surface area contributed by atoms with Crippen molar-refractivity contribution in [3.8, 4) is 0 Å². The van der Waals surface area contributed by atoms with E-state index >= 15 is 0 Å². The fourth-order valence-electron chi connectivity index (χ4n) is 2.23. The quantitative estimate of drug-likeness (QED) is 0.804. The Kier molecular flexibility index (Phi) is 5.38. The summed E-state index contributed by atoms with van der Waals surface area (Å²) >= 11 is 1.70. The van der Waals surface area contributed by atoms with E-state index in [4.69, 9.17) is 4.74 Å². The molecule has 2 unspecified atom stereocenters. The minimum Gasteiger partial charge on any atom is -0.392 e. The van der Waals surface area contributed by atoms with E-state index in [2.05, 4.69) is 28.3 Å². The van der Waals surface area contributed by atoms with Gasteiger partial charge >= 0.3 is 0 Å². The van der Waals surface area contributed by atoms with Gasteiger partial charge in [-0.3, -0.25) is 4.90 Å². The summed E-state index contributed by atoms with van der Waals surface area (Å²) in [6.45, 7) is 6.95. The Bertz CT molecular complexity index is 353. The van der Waals surface area contributed by atoms with Gasteiger partial charge in [-0.05, 0) is 35.2 Å². The van der Waals surface area contributed by atoms with Gasteiger partial charge in [-0.15, -0.1) is 6.58 Å². The maximum atomic E-state index is 9.92. The molecule has 1 N–H and O–H groups in total. The summed E-state index contributed by atoms with van der Waals surface area (Å²) in [6.07, 6.45) is 3.43. The molecule has 0 bridgehead atoms. The molecule has 1 fully saturated rings. The van der Waals surface area contributed by atoms with E-state index < -0.39 is 0 Å². The van der Waals surface area contributed by atoms with E-state index in [0.29, 0.717) is 0 Å². The molecule has 0 aromatic carbocycles. The Balaban J connectivity index is 1.81. The molecule has 1 aromatic rings. The largest absolute Gasteiger partial charge is 0.392 e. The standard InChI is InChI=1S/C14H21NO2S/c1-2-3-4-13(16)9-15-6-7-17-14(10-15)12-5-8-18-11-12/h2,5,8,11,13-14,16H,1,3-4,6-7,9-10H2. The van der Waals surface area contributed by atoms with Crippen LogP contribution in [0.1, 0.15) is 24.5 Å². The molecule has 2 rings (SSSR count). The second kappa shape index (κ2) is 7.04. The minimum atomic E-state index is -0.260. The molecule has 0 radical (unpaired) electrons. The van der Waals surface area contributed by atoms with Gasteiger partial charge in [0.1, 0.15) is 0 Å². The van der Waals surface area contributed by atoms with Gasteiger partial charge in [-0.2, -0.15) is 11.3 Å². The van der Waals surface area contributed by atoms with E-state index in [1.807, 2.05) is 6.08 Å². The first kappa shape index (κ1) is 13.7. The topological polar surface area (TPSA) is 32.7 Å². The third-order valence-electron chi connectivity index (χ3n) is 3.24. The molecule has 1 aliphatic rings. The number of thiophene rings is 1. The van der Waals surface area contributed by atoms with Crippen LogP contribution >= 0.6 is 11.3 Å². The second-order valence-electron chi connectivity index (χ2n) is 4.70. The molecule has 2 atom stereocenters. The van der Waals surface area contributed by atoms with Crippen LogP contribution in [-0.4, -0.2) is 42.4 Å². The first-order valence-corrected chi connectivity index (χ1v) is 7.39. The molecule has 2 heterocycles. The summed E-state index contributed by atoms with van der Waals surface area (Å²) in [6, 6.07) is 2.12. The number of ether oxygens (including phenoxy) is 1. The smallest absolute Gasteiger partial charge is 0.0960 e. The van der Waals surface area contributed by atoms with E-state index in [9.17, 15) is 5.11 Å². The highest BCUT2D eigenvalue weighted by Gasteiger charge is 2.23. The van der Waals surface area contributed by atoms with Gasteiger partial charge in [0.05, 0.1) is 18.8 Å². The lowest BCUT2D eigenvalue weighted by Gasteiger charge is -2.33. The summed E-state index contributed by atoms with van der Waals surface area (Å²) in [5.41, 5.74) is 1.25. The van der Waals surface area contributed by atoms with Crippen LogP contribution in [0.15, 0.2) is 29.5 Å². The van der Waals surface area contributed by atoms with Crippen molar-refractivity contribution in [3.05, 3.63) is 35.0 Å². The zero-order valence-corrected chi connectivity index (χ0v) is 11.4. The summed E-state index contributed by atoms with van der Waals surface area (Å²) < 4.78 is 5.78. The molecule has 4 heteroatoms. The van der Waals surface area contributed by atoms with E-state index in [1.54, 1.807) is 11.3 Å². The number of rotatable bonds is 6. The van der Waals surface area contributed by atoms with Crippen molar-refractivity contribution in [2.75, 3.05) is 26.2 Å². The zero-order valence-electron chi connectivity index (χ0n) is 10.6. The molecule has 18 heavy (non-hydrogen) atoms. The number of hydrogen-bond acceptors (Lipinski definition) is 4. The van der Waals surface area contributed by atoms with Crippen molar-refractivity contribution >= 4 is 11.3 Å². The van der Waals surface area contributed by atoms with Crippen molar-refractivity contribution in [2.45, 2.75) is 25.0 Å². The Hall–Kier alpha value is -0.680.